The van der Waals surface area contributed by atoms with Gasteiger partial charge in [-0.3, -0.25) is 4.79 Å². The van der Waals surface area contributed by atoms with E-state index in [0.29, 0.717) is 11.8 Å². The van der Waals surface area contributed by atoms with E-state index >= 15 is 0 Å². The second-order valence-corrected chi connectivity index (χ2v) is 4.52. The van der Waals surface area contributed by atoms with E-state index in [9.17, 15) is 4.79 Å². The molecule has 3 heteroatoms. The molecule has 0 aliphatic carbocycles. The van der Waals surface area contributed by atoms with Crippen molar-refractivity contribution in [3.05, 3.63) is 0 Å². The molecule has 0 aliphatic heterocycles. The maximum Gasteiger partial charge on any atom is 0.303 e. The molecule has 0 radical (unpaired) electrons. The molecule has 80 valence electrons. The van der Waals surface area contributed by atoms with Crippen molar-refractivity contribution in [2.45, 2.75) is 52.9 Å². The highest BCUT2D eigenvalue weighted by molar-refractivity contribution is 5.66. The number of carbonyl (C=O) groups is 1. The molecule has 0 fully saturated rings. The summed E-state index contributed by atoms with van der Waals surface area (Å²) in [7, 11) is 0. The number of hydrogen-bond donors (Lipinski definition) is 2. The average molecular weight is 189 g/mol. The van der Waals surface area contributed by atoms with Crippen LogP contribution in [-0.2, 0) is 4.79 Å². The van der Waals surface area contributed by atoms with E-state index in [1.807, 2.05) is 0 Å². The summed E-state index contributed by atoms with van der Waals surface area (Å²) in [5, 5.41) is 8.37. The minimum absolute atomic E-state index is 0. The van der Waals surface area contributed by atoms with Crippen molar-refractivity contribution in [3.8, 4) is 0 Å². The predicted molar refractivity (Wildman–Crippen MR) is 55.2 cm³/mol. The highest BCUT2D eigenvalue weighted by atomic mass is 16.4. The molecule has 0 heterocycles. The fourth-order valence-corrected chi connectivity index (χ4v) is 1.11. The summed E-state index contributed by atoms with van der Waals surface area (Å²) in [4.78, 5) is 10.2. The molecule has 4 N–H and O–H groups in total. The smallest absolute Gasteiger partial charge is 0.303 e. The van der Waals surface area contributed by atoms with Crippen LogP contribution in [0.25, 0.3) is 0 Å². The third kappa shape index (κ3) is 14.3. The topological polar surface area (TPSA) is 72.3 Å². The molecule has 0 saturated heterocycles. The van der Waals surface area contributed by atoms with Crippen molar-refractivity contribution in [2.24, 2.45) is 5.41 Å². The maximum atomic E-state index is 10.2. The van der Waals surface area contributed by atoms with Crippen LogP contribution >= 0.6 is 0 Å². The van der Waals surface area contributed by atoms with Crippen LogP contribution in [0.1, 0.15) is 52.9 Å². The van der Waals surface area contributed by atoms with Crippen LogP contribution < -0.4 is 6.15 Å². The van der Waals surface area contributed by atoms with Gasteiger partial charge in [-0.2, -0.15) is 0 Å². The van der Waals surface area contributed by atoms with Crippen LogP contribution in [0.4, 0.5) is 0 Å². The highest BCUT2D eigenvalue weighted by Crippen LogP contribution is 2.22. The second-order valence-electron chi connectivity index (χ2n) is 4.52. The largest absolute Gasteiger partial charge is 0.481 e. The van der Waals surface area contributed by atoms with Crippen LogP contribution in [0.15, 0.2) is 0 Å². The van der Waals surface area contributed by atoms with E-state index in [1.165, 1.54) is 6.42 Å². The van der Waals surface area contributed by atoms with Crippen molar-refractivity contribution < 1.29 is 9.90 Å². The Morgan fingerprint density at radius 3 is 2.08 bits per heavy atom. The normalized spacial score (nSPS) is 10.7. The Bertz CT molecular complexity index is 138. The van der Waals surface area contributed by atoms with Gasteiger partial charge in [-0.1, -0.05) is 33.6 Å². The molecule has 0 bridgehead atoms. The number of unbranched alkanes of at least 4 members (excludes halogenated alkanes) is 2. The van der Waals surface area contributed by atoms with Crippen LogP contribution in [0.5, 0.6) is 0 Å². The van der Waals surface area contributed by atoms with E-state index in [4.69, 9.17) is 5.11 Å². The lowest BCUT2D eigenvalue weighted by Crippen LogP contribution is -2.04. The number of rotatable bonds is 5. The van der Waals surface area contributed by atoms with E-state index < -0.39 is 5.97 Å². The lowest BCUT2D eigenvalue weighted by Gasteiger charge is -2.17. The monoisotopic (exact) mass is 189 g/mol. The van der Waals surface area contributed by atoms with Crippen molar-refractivity contribution in [3.63, 3.8) is 0 Å². The van der Waals surface area contributed by atoms with Gasteiger partial charge in [-0.15, -0.1) is 0 Å². The third-order valence-corrected chi connectivity index (χ3v) is 1.82. The molecule has 0 amide bonds. The standard InChI is InChI=1S/C10H20O2.H3N/c1-10(2,3)8-6-4-5-7-9(11)12;/h4-8H2,1-3H3,(H,11,12);1H3. The van der Waals surface area contributed by atoms with E-state index in [1.54, 1.807) is 0 Å². The molecular weight excluding hydrogens is 166 g/mol. The summed E-state index contributed by atoms with van der Waals surface area (Å²) in [6.45, 7) is 6.64. The second kappa shape index (κ2) is 6.89. The Kier molecular flexibility index (Phi) is 7.92. The summed E-state index contributed by atoms with van der Waals surface area (Å²) in [5.41, 5.74) is 0.392. The highest BCUT2D eigenvalue weighted by Gasteiger charge is 2.08. The minimum atomic E-state index is -0.675. The first-order valence-corrected chi connectivity index (χ1v) is 4.63. The van der Waals surface area contributed by atoms with Gasteiger partial charge in [0.1, 0.15) is 0 Å². The molecule has 0 atom stereocenters. The number of carboxylic acids is 1. The zero-order valence-electron chi connectivity index (χ0n) is 9.10. The van der Waals surface area contributed by atoms with Crippen LogP contribution in [0, 0.1) is 5.41 Å². The molecule has 0 saturated carbocycles. The van der Waals surface area contributed by atoms with Crippen LogP contribution in [-0.4, -0.2) is 11.1 Å². The van der Waals surface area contributed by atoms with Gasteiger partial charge >= 0.3 is 5.97 Å². The van der Waals surface area contributed by atoms with Gasteiger partial charge in [0.2, 0.25) is 0 Å². The summed E-state index contributed by atoms with van der Waals surface area (Å²) in [6, 6.07) is 0. The lowest BCUT2D eigenvalue weighted by molar-refractivity contribution is -0.137. The Hall–Kier alpha value is -0.570. The zero-order chi connectivity index (χ0) is 9.61. The SMILES string of the molecule is CC(C)(C)CCCCCC(=O)O.N. The zero-order valence-corrected chi connectivity index (χ0v) is 9.10. The molecule has 3 nitrogen and oxygen atoms in total. The maximum absolute atomic E-state index is 10.2. The summed E-state index contributed by atoms with van der Waals surface area (Å²) < 4.78 is 0. The van der Waals surface area contributed by atoms with Gasteiger partial charge in [0.15, 0.2) is 0 Å². The number of aliphatic carboxylic acids is 1. The van der Waals surface area contributed by atoms with Gasteiger partial charge < -0.3 is 11.3 Å². The summed E-state index contributed by atoms with van der Waals surface area (Å²) in [6.07, 6.45) is 4.53. The molecule has 0 spiro atoms. The molecule has 0 unspecified atom stereocenters. The molecule has 0 aromatic rings. The lowest BCUT2D eigenvalue weighted by atomic mass is 9.89. The third-order valence-electron chi connectivity index (χ3n) is 1.82. The number of hydrogen-bond acceptors (Lipinski definition) is 2. The minimum Gasteiger partial charge on any atom is -0.481 e. The van der Waals surface area contributed by atoms with E-state index in [2.05, 4.69) is 20.8 Å². The van der Waals surface area contributed by atoms with Crippen LogP contribution in [0.3, 0.4) is 0 Å². The average Bonchev–Trinajstić information content (AvgIpc) is 1.83. The van der Waals surface area contributed by atoms with Gasteiger partial charge in [0.25, 0.3) is 0 Å². The molecule has 0 aromatic carbocycles. The summed E-state index contributed by atoms with van der Waals surface area (Å²) in [5.74, 6) is -0.675. The summed E-state index contributed by atoms with van der Waals surface area (Å²) >= 11 is 0. The van der Waals surface area contributed by atoms with Gasteiger partial charge in [-0.05, 0) is 18.3 Å². The quantitative estimate of drug-likeness (QED) is 0.652. The first-order valence-electron chi connectivity index (χ1n) is 4.63. The molecule has 0 rings (SSSR count). The van der Waals surface area contributed by atoms with Crippen LogP contribution in [0.2, 0.25) is 0 Å². The fraction of sp³-hybridized carbons (Fsp3) is 0.900. The van der Waals surface area contributed by atoms with Crippen molar-refractivity contribution >= 4 is 5.97 Å². The molecule has 13 heavy (non-hydrogen) atoms. The van der Waals surface area contributed by atoms with E-state index in [0.717, 1.165) is 19.3 Å². The first-order chi connectivity index (χ1) is 5.42. The van der Waals surface area contributed by atoms with Crippen molar-refractivity contribution in [1.82, 2.24) is 6.15 Å². The Balaban J connectivity index is 0. The molecular formula is C10H23NO2. The van der Waals surface area contributed by atoms with Gasteiger partial charge in [0, 0.05) is 6.42 Å². The Labute approximate surface area is 81.1 Å². The Morgan fingerprint density at radius 2 is 1.69 bits per heavy atom. The Morgan fingerprint density at radius 1 is 1.15 bits per heavy atom. The fourth-order valence-electron chi connectivity index (χ4n) is 1.11. The predicted octanol–water partition coefficient (Wildman–Crippen LogP) is 3.23. The molecule has 0 aliphatic rings. The molecule has 0 aromatic heterocycles. The van der Waals surface area contributed by atoms with Gasteiger partial charge in [-0.25, -0.2) is 0 Å². The van der Waals surface area contributed by atoms with Gasteiger partial charge in [0.05, 0.1) is 0 Å². The first kappa shape index (κ1) is 14.9. The van der Waals surface area contributed by atoms with Crippen molar-refractivity contribution in [1.29, 1.82) is 0 Å². The van der Waals surface area contributed by atoms with E-state index in [-0.39, 0.29) is 6.15 Å². The van der Waals surface area contributed by atoms with Crippen molar-refractivity contribution in [2.75, 3.05) is 0 Å². The number of carboxylic acid groups (broad SMARTS) is 1.